The highest BCUT2D eigenvalue weighted by molar-refractivity contribution is 5.81. The van der Waals surface area contributed by atoms with E-state index in [0.29, 0.717) is 12.5 Å². The quantitative estimate of drug-likeness (QED) is 0.869. The molecule has 0 aliphatic heterocycles. The Morgan fingerprint density at radius 1 is 1.39 bits per heavy atom. The molecule has 0 saturated heterocycles. The van der Waals surface area contributed by atoms with Crippen LogP contribution in [0.4, 0.5) is 0 Å². The van der Waals surface area contributed by atoms with Gasteiger partial charge in [-0.05, 0) is 24.8 Å². The molecule has 1 unspecified atom stereocenters. The Morgan fingerprint density at radius 3 is 2.61 bits per heavy atom. The molecule has 1 rings (SSSR count). The zero-order chi connectivity index (χ0) is 13.7. The molecule has 1 amide bonds. The molecule has 0 bridgehead atoms. The van der Waals surface area contributed by atoms with Crippen molar-refractivity contribution in [2.75, 3.05) is 7.05 Å². The van der Waals surface area contributed by atoms with E-state index < -0.39 is 0 Å². The molecule has 0 heterocycles. The zero-order valence-electron chi connectivity index (χ0n) is 11.8. The molecule has 0 saturated carbocycles. The van der Waals surface area contributed by atoms with Crippen LogP contribution in [0, 0.1) is 12.8 Å². The van der Waals surface area contributed by atoms with Gasteiger partial charge in [0.2, 0.25) is 5.91 Å². The van der Waals surface area contributed by atoms with Gasteiger partial charge in [0.1, 0.15) is 0 Å². The van der Waals surface area contributed by atoms with Crippen molar-refractivity contribution in [3.8, 4) is 0 Å². The first-order chi connectivity index (χ1) is 8.40. The highest BCUT2D eigenvalue weighted by Crippen LogP contribution is 2.09. The van der Waals surface area contributed by atoms with E-state index in [2.05, 4.69) is 32.9 Å². The number of carbonyl (C=O) groups is 1. The van der Waals surface area contributed by atoms with Crippen molar-refractivity contribution in [2.24, 2.45) is 11.7 Å². The molecule has 3 heteroatoms. The Labute approximate surface area is 110 Å². The lowest BCUT2D eigenvalue weighted by atomic mass is 10.0. The van der Waals surface area contributed by atoms with E-state index in [1.54, 1.807) is 4.90 Å². The third-order valence-electron chi connectivity index (χ3n) is 2.92. The topological polar surface area (TPSA) is 46.3 Å². The lowest BCUT2D eigenvalue weighted by Crippen LogP contribution is -2.42. The molecule has 18 heavy (non-hydrogen) atoms. The van der Waals surface area contributed by atoms with E-state index in [9.17, 15) is 4.79 Å². The predicted octanol–water partition coefficient (Wildman–Crippen LogP) is 2.33. The second kappa shape index (κ2) is 6.55. The van der Waals surface area contributed by atoms with Crippen LogP contribution in [-0.2, 0) is 11.3 Å². The van der Waals surface area contributed by atoms with E-state index in [1.807, 2.05) is 19.2 Å². The van der Waals surface area contributed by atoms with Crippen LogP contribution in [-0.4, -0.2) is 23.9 Å². The third-order valence-corrected chi connectivity index (χ3v) is 2.92. The highest BCUT2D eigenvalue weighted by Gasteiger charge is 2.18. The van der Waals surface area contributed by atoms with Crippen molar-refractivity contribution in [1.82, 2.24) is 4.90 Å². The molecule has 1 aromatic rings. The summed E-state index contributed by atoms with van der Waals surface area (Å²) >= 11 is 0. The van der Waals surface area contributed by atoms with Gasteiger partial charge in [0.05, 0.1) is 6.04 Å². The van der Waals surface area contributed by atoms with Gasteiger partial charge in [-0.1, -0.05) is 43.7 Å². The smallest absolute Gasteiger partial charge is 0.239 e. The van der Waals surface area contributed by atoms with Crippen molar-refractivity contribution in [3.05, 3.63) is 35.4 Å². The number of carbonyl (C=O) groups excluding carboxylic acids is 1. The fraction of sp³-hybridized carbons (Fsp3) is 0.533. The van der Waals surface area contributed by atoms with Crippen LogP contribution in [0.3, 0.4) is 0 Å². The fourth-order valence-corrected chi connectivity index (χ4v) is 2.05. The Bertz CT molecular complexity index is 401. The van der Waals surface area contributed by atoms with Crippen LogP contribution in [0.2, 0.25) is 0 Å². The van der Waals surface area contributed by atoms with E-state index in [4.69, 9.17) is 5.73 Å². The molecule has 0 aliphatic carbocycles. The summed E-state index contributed by atoms with van der Waals surface area (Å²) in [5.41, 5.74) is 8.26. The molecule has 1 atom stereocenters. The van der Waals surface area contributed by atoms with Gasteiger partial charge >= 0.3 is 0 Å². The minimum absolute atomic E-state index is 0.0187. The minimum atomic E-state index is -0.389. The van der Waals surface area contributed by atoms with Gasteiger partial charge < -0.3 is 10.6 Å². The Kier molecular flexibility index (Phi) is 5.35. The molecule has 100 valence electrons. The molecule has 0 spiro atoms. The predicted molar refractivity (Wildman–Crippen MR) is 75.1 cm³/mol. The summed E-state index contributed by atoms with van der Waals surface area (Å²) in [5.74, 6) is 0.460. The van der Waals surface area contributed by atoms with Gasteiger partial charge in [0, 0.05) is 13.6 Å². The van der Waals surface area contributed by atoms with Crippen LogP contribution in [0.5, 0.6) is 0 Å². The molecule has 3 nitrogen and oxygen atoms in total. The number of hydrogen-bond acceptors (Lipinski definition) is 2. The number of nitrogens with two attached hydrogens (primary N) is 1. The summed E-state index contributed by atoms with van der Waals surface area (Å²) in [5, 5.41) is 0. The summed E-state index contributed by atoms with van der Waals surface area (Å²) < 4.78 is 0. The van der Waals surface area contributed by atoms with Gasteiger partial charge in [-0.2, -0.15) is 0 Å². The maximum atomic E-state index is 12.1. The first-order valence-corrected chi connectivity index (χ1v) is 6.46. The van der Waals surface area contributed by atoms with Crippen LogP contribution < -0.4 is 5.73 Å². The number of likely N-dealkylation sites (N-methyl/N-ethyl adjacent to an activating group) is 1. The maximum Gasteiger partial charge on any atom is 0.239 e. The molecule has 0 aliphatic rings. The second-order valence-corrected chi connectivity index (χ2v) is 5.42. The highest BCUT2D eigenvalue weighted by atomic mass is 16.2. The molecular formula is C15H24N2O. The first kappa shape index (κ1) is 14.7. The number of rotatable bonds is 5. The van der Waals surface area contributed by atoms with Gasteiger partial charge in [-0.15, -0.1) is 0 Å². The lowest BCUT2D eigenvalue weighted by Gasteiger charge is -2.22. The van der Waals surface area contributed by atoms with Crippen LogP contribution in [0.25, 0.3) is 0 Å². The van der Waals surface area contributed by atoms with Gasteiger partial charge in [-0.25, -0.2) is 0 Å². The average Bonchev–Trinajstić information content (AvgIpc) is 2.27. The van der Waals surface area contributed by atoms with Crippen LogP contribution in [0.15, 0.2) is 24.3 Å². The molecule has 2 N–H and O–H groups in total. The second-order valence-electron chi connectivity index (χ2n) is 5.42. The van der Waals surface area contributed by atoms with Crippen molar-refractivity contribution in [1.29, 1.82) is 0 Å². The fourth-order valence-electron chi connectivity index (χ4n) is 2.05. The summed E-state index contributed by atoms with van der Waals surface area (Å²) in [6.07, 6.45) is 0.733. The van der Waals surface area contributed by atoms with Crippen molar-refractivity contribution < 1.29 is 4.79 Å². The van der Waals surface area contributed by atoms with Gasteiger partial charge in [0.25, 0.3) is 0 Å². The van der Waals surface area contributed by atoms with Crippen molar-refractivity contribution in [3.63, 3.8) is 0 Å². The summed E-state index contributed by atoms with van der Waals surface area (Å²) in [6, 6.07) is 7.80. The van der Waals surface area contributed by atoms with Crippen LogP contribution >= 0.6 is 0 Å². The van der Waals surface area contributed by atoms with Crippen molar-refractivity contribution >= 4 is 5.91 Å². The van der Waals surface area contributed by atoms with E-state index >= 15 is 0 Å². The van der Waals surface area contributed by atoms with E-state index in [-0.39, 0.29) is 11.9 Å². The van der Waals surface area contributed by atoms with E-state index in [1.165, 1.54) is 5.56 Å². The first-order valence-electron chi connectivity index (χ1n) is 6.46. The van der Waals surface area contributed by atoms with Gasteiger partial charge in [0.15, 0.2) is 0 Å². The maximum absolute atomic E-state index is 12.1. The lowest BCUT2D eigenvalue weighted by molar-refractivity contribution is -0.132. The molecular weight excluding hydrogens is 224 g/mol. The summed E-state index contributed by atoms with van der Waals surface area (Å²) in [7, 11) is 1.81. The minimum Gasteiger partial charge on any atom is -0.340 e. The number of aryl methyl sites for hydroxylation is 1. The van der Waals surface area contributed by atoms with Gasteiger partial charge in [-0.3, -0.25) is 4.79 Å². The van der Waals surface area contributed by atoms with Crippen LogP contribution in [0.1, 0.15) is 31.4 Å². The number of benzene rings is 1. The van der Waals surface area contributed by atoms with E-state index in [0.717, 1.165) is 12.0 Å². The number of hydrogen-bond donors (Lipinski definition) is 1. The Balaban J connectivity index is 2.59. The molecule has 1 aromatic carbocycles. The molecule has 0 fully saturated rings. The third kappa shape index (κ3) is 4.49. The molecule has 0 radical (unpaired) electrons. The normalized spacial score (nSPS) is 12.6. The zero-order valence-corrected chi connectivity index (χ0v) is 11.8. The Morgan fingerprint density at radius 2 is 2.06 bits per heavy atom. The average molecular weight is 248 g/mol. The monoisotopic (exact) mass is 248 g/mol. The van der Waals surface area contributed by atoms with Crippen molar-refractivity contribution in [2.45, 2.75) is 39.8 Å². The number of nitrogens with zero attached hydrogens (tertiary/aromatic N) is 1. The summed E-state index contributed by atoms with van der Waals surface area (Å²) in [4.78, 5) is 13.8. The SMILES string of the molecule is Cc1cccc(CN(C)C(=O)C(N)CC(C)C)c1. The standard InChI is InChI=1S/C15H24N2O/c1-11(2)8-14(16)15(18)17(4)10-13-7-5-6-12(3)9-13/h5-7,9,11,14H,8,10,16H2,1-4H3. The summed E-state index contributed by atoms with van der Waals surface area (Å²) in [6.45, 7) is 6.82. The Hall–Kier alpha value is -1.35. The number of amides is 1. The largest absolute Gasteiger partial charge is 0.340 e. The molecule has 0 aromatic heterocycles.